The highest BCUT2D eigenvalue weighted by Gasteiger charge is 2.26. The molecule has 1 heterocycles. The van der Waals surface area contributed by atoms with Gasteiger partial charge in [-0.05, 0) is 31.0 Å². The van der Waals surface area contributed by atoms with E-state index in [1.165, 1.54) is 17.8 Å². The molecule has 0 saturated carbocycles. The van der Waals surface area contributed by atoms with Crippen molar-refractivity contribution >= 4 is 46.8 Å². The Morgan fingerprint density at radius 3 is 2.56 bits per heavy atom. The van der Waals surface area contributed by atoms with Crippen molar-refractivity contribution in [3.63, 3.8) is 0 Å². The number of aromatic nitrogens is 3. The molecule has 3 N–H and O–H groups in total. The third-order valence-electron chi connectivity index (χ3n) is 3.81. The molecule has 146 valence electrons. The second kappa shape index (κ2) is 9.43. The lowest BCUT2D eigenvalue weighted by atomic mass is 10.0. The van der Waals surface area contributed by atoms with E-state index < -0.39 is 5.91 Å². The summed E-state index contributed by atoms with van der Waals surface area (Å²) in [6, 6.07) is 4.32. The summed E-state index contributed by atoms with van der Waals surface area (Å²) in [6.07, 6.45) is 0. The summed E-state index contributed by atoms with van der Waals surface area (Å²) < 4.78 is 1.86. The van der Waals surface area contributed by atoms with Crippen LogP contribution in [0.25, 0.3) is 0 Å². The Hall–Kier alpha value is -1.77. The molecule has 7 nitrogen and oxygen atoms in total. The molecule has 27 heavy (non-hydrogen) atoms. The highest BCUT2D eigenvalue weighted by molar-refractivity contribution is 7.99. The molecule has 0 aliphatic heterocycles. The van der Waals surface area contributed by atoms with Gasteiger partial charge in [-0.1, -0.05) is 48.8 Å². The number of nitrogens with one attached hydrogen (secondary N) is 1. The molecule has 1 atom stereocenters. The second-order valence-corrected chi connectivity index (χ2v) is 7.95. The highest BCUT2D eigenvalue weighted by Crippen LogP contribution is 2.27. The molecule has 10 heteroatoms. The summed E-state index contributed by atoms with van der Waals surface area (Å²) in [5, 5.41) is 12.7. The number of carbonyl (C=O) groups excluding carboxylic acids is 2. The number of primary amides is 1. The Morgan fingerprint density at radius 2 is 2.00 bits per heavy atom. The monoisotopic (exact) mass is 429 g/mol. The van der Waals surface area contributed by atoms with Gasteiger partial charge in [0.15, 0.2) is 11.0 Å². The number of rotatable bonds is 8. The maximum absolute atomic E-state index is 12.7. The molecule has 0 aliphatic carbocycles. The number of benzene rings is 1. The number of nitrogens with two attached hydrogens (primary N) is 1. The van der Waals surface area contributed by atoms with Crippen molar-refractivity contribution in [3.8, 4) is 0 Å². The largest absolute Gasteiger partial charge is 0.369 e. The number of thioether (sulfide) groups is 1. The Bertz CT molecular complexity index is 841. The summed E-state index contributed by atoms with van der Waals surface area (Å²) >= 11 is 13.3. The number of hydrogen-bond donors (Lipinski definition) is 2. The molecule has 2 amide bonds. The topological polar surface area (TPSA) is 103 Å². The van der Waals surface area contributed by atoms with Gasteiger partial charge in [0.1, 0.15) is 0 Å². The van der Waals surface area contributed by atoms with Crippen LogP contribution in [-0.2, 0) is 11.3 Å². The minimum absolute atomic E-state index is 0.0449. The predicted octanol–water partition coefficient (Wildman–Crippen LogP) is 3.31. The number of amides is 2. The van der Waals surface area contributed by atoms with Crippen molar-refractivity contribution in [2.24, 2.45) is 11.7 Å². The smallest absolute Gasteiger partial charge is 0.253 e. The van der Waals surface area contributed by atoms with Gasteiger partial charge in [0.2, 0.25) is 5.91 Å². The van der Waals surface area contributed by atoms with E-state index in [-0.39, 0.29) is 28.6 Å². The van der Waals surface area contributed by atoms with Crippen LogP contribution in [0.4, 0.5) is 0 Å². The molecular weight excluding hydrogens is 409 g/mol. The van der Waals surface area contributed by atoms with Crippen molar-refractivity contribution < 1.29 is 9.59 Å². The molecule has 1 aromatic heterocycles. The molecule has 0 bridgehead atoms. The van der Waals surface area contributed by atoms with Crippen LogP contribution in [0.5, 0.6) is 0 Å². The van der Waals surface area contributed by atoms with Gasteiger partial charge in [0.05, 0.1) is 22.4 Å². The van der Waals surface area contributed by atoms with Gasteiger partial charge in [-0.15, -0.1) is 10.2 Å². The third kappa shape index (κ3) is 5.37. The van der Waals surface area contributed by atoms with Crippen LogP contribution in [-0.4, -0.2) is 32.3 Å². The van der Waals surface area contributed by atoms with Crippen molar-refractivity contribution in [1.82, 2.24) is 20.1 Å². The molecule has 2 aromatic rings. The quantitative estimate of drug-likeness (QED) is 0.626. The van der Waals surface area contributed by atoms with Crippen LogP contribution < -0.4 is 11.1 Å². The predicted molar refractivity (Wildman–Crippen MR) is 107 cm³/mol. The first-order chi connectivity index (χ1) is 12.7. The summed E-state index contributed by atoms with van der Waals surface area (Å²) in [6.45, 7) is 6.47. The first-order valence-corrected chi connectivity index (χ1v) is 10.1. The highest BCUT2D eigenvalue weighted by atomic mass is 35.5. The average molecular weight is 430 g/mol. The number of carbonyl (C=O) groups is 2. The van der Waals surface area contributed by atoms with Gasteiger partial charge in [0, 0.05) is 11.6 Å². The zero-order valence-electron chi connectivity index (χ0n) is 15.2. The SMILES string of the molecule is CCn1c(SCC(N)=O)nnc1[C@H](NC(=O)c1ccc(Cl)cc1Cl)C(C)C. The van der Waals surface area contributed by atoms with Crippen LogP contribution in [0, 0.1) is 5.92 Å². The lowest BCUT2D eigenvalue weighted by Crippen LogP contribution is -2.34. The molecule has 2 rings (SSSR count). The van der Waals surface area contributed by atoms with Crippen LogP contribution in [0.15, 0.2) is 23.4 Å². The van der Waals surface area contributed by atoms with E-state index in [9.17, 15) is 9.59 Å². The molecular formula is C17H21Cl2N5O2S. The summed E-state index contributed by atoms with van der Waals surface area (Å²) in [5.41, 5.74) is 5.54. The molecule has 0 radical (unpaired) electrons. The fourth-order valence-corrected chi connectivity index (χ4v) is 3.73. The van der Waals surface area contributed by atoms with E-state index in [1.807, 2.05) is 25.3 Å². The Morgan fingerprint density at radius 1 is 1.30 bits per heavy atom. The van der Waals surface area contributed by atoms with Crippen molar-refractivity contribution in [1.29, 1.82) is 0 Å². The fraction of sp³-hybridized carbons (Fsp3) is 0.412. The van der Waals surface area contributed by atoms with E-state index in [4.69, 9.17) is 28.9 Å². The van der Waals surface area contributed by atoms with Gasteiger partial charge in [-0.2, -0.15) is 0 Å². The van der Waals surface area contributed by atoms with Crippen LogP contribution in [0.1, 0.15) is 43.0 Å². The van der Waals surface area contributed by atoms with Crippen molar-refractivity contribution in [2.45, 2.75) is 38.5 Å². The van der Waals surface area contributed by atoms with E-state index in [0.717, 1.165) is 0 Å². The summed E-state index contributed by atoms with van der Waals surface area (Å²) in [4.78, 5) is 23.8. The normalized spacial score (nSPS) is 12.2. The van der Waals surface area contributed by atoms with Crippen LogP contribution >= 0.6 is 35.0 Å². The Kier molecular flexibility index (Phi) is 7.52. The van der Waals surface area contributed by atoms with Crippen LogP contribution in [0.3, 0.4) is 0 Å². The van der Waals surface area contributed by atoms with Gasteiger partial charge < -0.3 is 15.6 Å². The van der Waals surface area contributed by atoms with E-state index in [0.29, 0.717) is 28.1 Å². The minimum atomic E-state index is -0.432. The maximum atomic E-state index is 12.7. The van der Waals surface area contributed by atoms with Gasteiger partial charge in [0.25, 0.3) is 5.91 Å². The maximum Gasteiger partial charge on any atom is 0.253 e. The lowest BCUT2D eigenvalue weighted by Gasteiger charge is -2.22. The second-order valence-electron chi connectivity index (χ2n) is 6.16. The summed E-state index contributed by atoms with van der Waals surface area (Å²) in [5.74, 6) is 0.00380. The number of halogens is 2. The minimum Gasteiger partial charge on any atom is -0.369 e. The molecule has 0 saturated heterocycles. The third-order valence-corrected chi connectivity index (χ3v) is 5.35. The number of hydrogen-bond acceptors (Lipinski definition) is 5. The Labute approximate surface area is 172 Å². The molecule has 0 spiro atoms. The lowest BCUT2D eigenvalue weighted by molar-refractivity contribution is -0.115. The van der Waals surface area contributed by atoms with Crippen molar-refractivity contribution in [2.75, 3.05) is 5.75 Å². The van der Waals surface area contributed by atoms with Crippen LogP contribution in [0.2, 0.25) is 10.0 Å². The van der Waals surface area contributed by atoms with Crippen molar-refractivity contribution in [3.05, 3.63) is 39.6 Å². The van der Waals surface area contributed by atoms with E-state index >= 15 is 0 Å². The van der Waals surface area contributed by atoms with Gasteiger partial charge >= 0.3 is 0 Å². The molecule has 0 aliphatic rings. The zero-order valence-corrected chi connectivity index (χ0v) is 17.5. The fourth-order valence-electron chi connectivity index (χ4n) is 2.49. The van der Waals surface area contributed by atoms with Gasteiger partial charge in [-0.3, -0.25) is 9.59 Å². The van der Waals surface area contributed by atoms with E-state index in [1.54, 1.807) is 12.1 Å². The average Bonchev–Trinajstić information content (AvgIpc) is 2.99. The van der Waals surface area contributed by atoms with Gasteiger partial charge in [-0.25, -0.2) is 0 Å². The first-order valence-electron chi connectivity index (χ1n) is 8.34. The Balaban J connectivity index is 2.29. The standard InChI is InChI=1S/C17H21Cl2N5O2S/c1-4-24-15(22-23-17(24)27-8-13(20)25)14(9(2)3)21-16(26)11-6-5-10(18)7-12(11)19/h5-7,9,14H,4,8H2,1-3H3,(H2,20,25)(H,21,26)/t14-/m1/s1. The summed E-state index contributed by atoms with van der Waals surface area (Å²) in [7, 11) is 0. The molecule has 0 unspecified atom stereocenters. The first kappa shape index (κ1) is 21.5. The number of nitrogens with zero attached hydrogens (tertiary/aromatic N) is 3. The van der Waals surface area contributed by atoms with E-state index in [2.05, 4.69) is 15.5 Å². The zero-order chi connectivity index (χ0) is 20.1. The molecule has 1 aromatic carbocycles. The molecule has 0 fully saturated rings.